The van der Waals surface area contributed by atoms with Crippen molar-refractivity contribution in [2.24, 2.45) is 0 Å². The van der Waals surface area contributed by atoms with Crippen LogP contribution in [-0.4, -0.2) is 55.7 Å². The summed E-state index contributed by atoms with van der Waals surface area (Å²) < 4.78 is 4.78. The second-order valence-corrected chi connectivity index (χ2v) is 3.84. The molecule has 14 heavy (non-hydrogen) atoms. The van der Waals surface area contributed by atoms with Crippen LogP contribution in [0.3, 0.4) is 0 Å². The number of nitrogens with zero attached hydrogens (tertiary/aromatic N) is 2. The standard InChI is InChI=1S/C10H20N2O2/c1-4-9-8-11(2)6-5-7-12(9)10(13)14-3/h9H,4-8H2,1-3H3. The Hall–Kier alpha value is -0.770. The van der Waals surface area contributed by atoms with Crippen molar-refractivity contribution in [3.8, 4) is 0 Å². The van der Waals surface area contributed by atoms with Crippen LogP contribution in [0.4, 0.5) is 4.79 Å². The molecule has 1 amide bonds. The second kappa shape index (κ2) is 5.20. The SMILES string of the molecule is CCC1CN(C)CCCN1C(=O)OC. The lowest BCUT2D eigenvalue weighted by molar-refractivity contribution is 0.103. The van der Waals surface area contributed by atoms with Gasteiger partial charge in [-0.05, 0) is 26.4 Å². The predicted molar refractivity (Wildman–Crippen MR) is 55.3 cm³/mol. The van der Waals surface area contributed by atoms with Crippen molar-refractivity contribution >= 4 is 6.09 Å². The molecule has 1 rings (SSSR count). The third kappa shape index (κ3) is 2.61. The minimum Gasteiger partial charge on any atom is -0.453 e. The number of carbonyl (C=O) groups excluding carboxylic acids is 1. The molecule has 1 unspecified atom stereocenters. The fourth-order valence-corrected chi connectivity index (χ4v) is 1.95. The summed E-state index contributed by atoms with van der Waals surface area (Å²) in [5.74, 6) is 0. The van der Waals surface area contributed by atoms with E-state index in [1.807, 2.05) is 4.90 Å². The van der Waals surface area contributed by atoms with Crippen LogP contribution < -0.4 is 0 Å². The van der Waals surface area contributed by atoms with E-state index in [1.165, 1.54) is 7.11 Å². The van der Waals surface area contributed by atoms with Crippen molar-refractivity contribution in [1.82, 2.24) is 9.80 Å². The minimum atomic E-state index is -0.188. The fourth-order valence-electron chi connectivity index (χ4n) is 1.95. The summed E-state index contributed by atoms with van der Waals surface area (Å²) in [6.45, 7) is 4.94. The van der Waals surface area contributed by atoms with Crippen molar-refractivity contribution in [3.63, 3.8) is 0 Å². The Balaban J connectivity index is 2.65. The van der Waals surface area contributed by atoms with Gasteiger partial charge in [0.25, 0.3) is 0 Å². The molecule has 4 nitrogen and oxygen atoms in total. The molecule has 82 valence electrons. The molecule has 0 spiro atoms. The molecule has 0 aromatic heterocycles. The molecule has 1 aliphatic rings. The summed E-state index contributed by atoms with van der Waals surface area (Å²) in [5.41, 5.74) is 0. The molecule has 0 saturated carbocycles. The van der Waals surface area contributed by atoms with E-state index in [0.29, 0.717) is 6.04 Å². The average Bonchev–Trinajstić information content (AvgIpc) is 2.38. The molecule has 1 saturated heterocycles. The monoisotopic (exact) mass is 200 g/mol. The van der Waals surface area contributed by atoms with Crippen molar-refractivity contribution in [1.29, 1.82) is 0 Å². The molecule has 1 aliphatic heterocycles. The molecule has 0 aliphatic carbocycles. The average molecular weight is 200 g/mol. The Kier molecular flexibility index (Phi) is 4.20. The maximum Gasteiger partial charge on any atom is 0.409 e. The lowest BCUT2D eigenvalue weighted by atomic mass is 10.2. The van der Waals surface area contributed by atoms with Crippen LogP contribution >= 0.6 is 0 Å². The largest absolute Gasteiger partial charge is 0.453 e. The molecule has 1 atom stereocenters. The molecule has 1 fully saturated rings. The number of hydrogen-bond donors (Lipinski definition) is 0. The summed E-state index contributed by atoms with van der Waals surface area (Å²) in [5, 5.41) is 0. The van der Waals surface area contributed by atoms with E-state index in [4.69, 9.17) is 4.74 Å². The molecule has 0 radical (unpaired) electrons. The molecule has 0 bridgehead atoms. The van der Waals surface area contributed by atoms with Crippen LogP contribution in [-0.2, 0) is 4.74 Å². The first-order valence-electron chi connectivity index (χ1n) is 5.22. The quantitative estimate of drug-likeness (QED) is 0.637. The van der Waals surface area contributed by atoms with Gasteiger partial charge in [-0.15, -0.1) is 0 Å². The lowest BCUT2D eigenvalue weighted by Crippen LogP contribution is -2.43. The Morgan fingerprint density at radius 1 is 1.50 bits per heavy atom. The fraction of sp³-hybridized carbons (Fsp3) is 0.900. The lowest BCUT2D eigenvalue weighted by Gasteiger charge is -2.28. The molecular formula is C10H20N2O2. The van der Waals surface area contributed by atoms with Crippen LogP contribution in [0.2, 0.25) is 0 Å². The van der Waals surface area contributed by atoms with Crippen molar-refractivity contribution in [2.45, 2.75) is 25.8 Å². The predicted octanol–water partition coefficient (Wildman–Crippen LogP) is 1.17. The van der Waals surface area contributed by atoms with Gasteiger partial charge in [0.2, 0.25) is 0 Å². The Labute approximate surface area is 85.8 Å². The maximum atomic E-state index is 11.5. The molecular weight excluding hydrogens is 180 g/mol. The van der Waals surface area contributed by atoms with Gasteiger partial charge in [-0.1, -0.05) is 6.92 Å². The minimum absolute atomic E-state index is 0.188. The van der Waals surface area contributed by atoms with Gasteiger partial charge >= 0.3 is 6.09 Å². The van der Waals surface area contributed by atoms with Crippen molar-refractivity contribution in [2.75, 3.05) is 33.8 Å². The highest BCUT2D eigenvalue weighted by Gasteiger charge is 2.26. The summed E-state index contributed by atoms with van der Waals surface area (Å²) in [6.07, 6.45) is 1.83. The van der Waals surface area contributed by atoms with Gasteiger partial charge in [-0.2, -0.15) is 0 Å². The van der Waals surface area contributed by atoms with Crippen LogP contribution in [0.5, 0.6) is 0 Å². The first kappa shape index (κ1) is 11.3. The van der Waals surface area contributed by atoms with Crippen LogP contribution in [0.25, 0.3) is 0 Å². The van der Waals surface area contributed by atoms with Crippen molar-refractivity contribution < 1.29 is 9.53 Å². The topological polar surface area (TPSA) is 32.8 Å². The van der Waals surface area contributed by atoms with E-state index < -0.39 is 0 Å². The zero-order chi connectivity index (χ0) is 10.6. The third-order valence-electron chi connectivity index (χ3n) is 2.78. The highest BCUT2D eigenvalue weighted by Crippen LogP contribution is 2.12. The van der Waals surface area contributed by atoms with Crippen LogP contribution in [0, 0.1) is 0 Å². The van der Waals surface area contributed by atoms with Gasteiger partial charge in [-0.3, -0.25) is 0 Å². The molecule has 0 aromatic carbocycles. The van der Waals surface area contributed by atoms with E-state index >= 15 is 0 Å². The number of hydrogen-bond acceptors (Lipinski definition) is 3. The van der Waals surface area contributed by atoms with Gasteiger partial charge in [0.15, 0.2) is 0 Å². The Morgan fingerprint density at radius 3 is 2.79 bits per heavy atom. The Morgan fingerprint density at radius 2 is 2.21 bits per heavy atom. The zero-order valence-corrected chi connectivity index (χ0v) is 9.32. The number of rotatable bonds is 1. The van der Waals surface area contributed by atoms with Crippen molar-refractivity contribution in [3.05, 3.63) is 0 Å². The molecule has 4 heteroatoms. The van der Waals surface area contributed by atoms with Crippen LogP contribution in [0.1, 0.15) is 19.8 Å². The molecule has 1 heterocycles. The van der Waals surface area contributed by atoms with E-state index in [-0.39, 0.29) is 6.09 Å². The highest BCUT2D eigenvalue weighted by atomic mass is 16.5. The Bertz CT molecular complexity index is 197. The number of methoxy groups -OCH3 is 1. The van der Waals surface area contributed by atoms with E-state index in [9.17, 15) is 4.79 Å². The number of carbonyl (C=O) groups is 1. The zero-order valence-electron chi connectivity index (χ0n) is 9.32. The van der Waals surface area contributed by atoms with E-state index in [1.54, 1.807) is 0 Å². The van der Waals surface area contributed by atoms with E-state index in [2.05, 4.69) is 18.9 Å². The van der Waals surface area contributed by atoms with Crippen LogP contribution in [0.15, 0.2) is 0 Å². The smallest absolute Gasteiger partial charge is 0.409 e. The number of amides is 1. The number of ether oxygens (including phenoxy) is 1. The van der Waals surface area contributed by atoms with Gasteiger partial charge in [-0.25, -0.2) is 4.79 Å². The maximum absolute atomic E-state index is 11.5. The summed E-state index contributed by atoms with van der Waals surface area (Å²) in [7, 11) is 3.55. The van der Waals surface area contributed by atoms with Gasteiger partial charge < -0.3 is 14.5 Å². The third-order valence-corrected chi connectivity index (χ3v) is 2.78. The normalized spacial score (nSPS) is 24.5. The summed E-state index contributed by atoms with van der Waals surface area (Å²) >= 11 is 0. The van der Waals surface area contributed by atoms with Gasteiger partial charge in [0.05, 0.1) is 7.11 Å². The highest BCUT2D eigenvalue weighted by molar-refractivity contribution is 5.67. The van der Waals surface area contributed by atoms with E-state index in [0.717, 1.165) is 32.5 Å². The molecule has 0 N–H and O–H groups in total. The van der Waals surface area contributed by atoms with Gasteiger partial charge in [0.1, 0.15) is 0 Å². The first-order valence-corrected chi connectivity index (χ1v) is 5.22. The summed E-state index contributed by atoms with van der Waals surface area (Å²) in [6, 6.07) is 0.301. The number of likely N-dealkylation sites (N-methyl/N-ethyl adjacent to an activating group) is 1. The molecule has 0 aromatic rings. The summed E-state index contributed by atoms with van der Waals surface area (Å²) in [4.78, 5) is 15.6. The second-order valence-electron chi connectivity index (χ2n) is 3.84. The first-order chi connectivity index (χ1) is 6.69. The van der Waals surface area contributed by atoms with Gasteiger partial charge in [0, 0.05) is 19.1 Å².